The number of nitrogens with zero attached hydrogens (tertiary/aromatic N) is 4. The number of amides is 1. The lowest BCUT2D eigenvalue weighted by atomic mass is 9.82. The first-order valence-corrected chi connectivity index (χ1v) is 7.42. The number of rotatable bonds is 2. The van der Waals surface area contributed by atoms with Gasteiger partial charge < -0.3 is 10.2 Å². The number of nitrogens with one attached hydrogen (secondary N) is 1. The second-order valence-corrected chi connectivity index (χ2v) is 5.73. The van der Waals surface area contributed by atoms with Crippen LogP contribution >= 0.6 is 0 Å². The van der Waals surface area contributed by atoms with Crippen molar-refractivity contribution < 1.29 is 9.18 Å². The molecule has 4 rings (SSSR count). The smallest absolute Gasteiger partial charge is 0.256 e. The fourth-order valence-electron chi connectivity index (χ4n) is 3.33. The number of likely N-dealkylation sites (tertiary alicyclic amines) is 1. The molecule has 0 bridgehead atoms. The molecule has 0 radical (unpaired) electrons. The van der Waals surface area contributed by atoms with Gasteiger partial charge in [-0.3, -0.25) is 4.79 Å². The normalized spacial score (nSPS) is 23.8. The third-order valence-electron chi connectivity index (χ3n) is 4.52. The molecule has 2 saturated heterocycles. The second kappa shape index (κ2) is 5.17. The summed E-state index contributed by atoms with van der Waals surface area (Å²) >= 11 is 0. The third-order valence-corrected chi connectivity index (χ3v) is 4.52. The minimum atomic E-state index is -0.499. The molecule has 7 heteroatoms. The van der Waals surface area contributed by atoms with Gasteiger partial charge >= 0.3 is 0 Å². The number of hydrogen-bond donors (Lipinski definition) is 1. The van der Waals surface area contributed by atoms with Gasteiger partial charge in [-0.05, 0) is 31.0 Å². The Morgan fingerprint density at radius 2 is 2.14 bits per heavy atom. The molecule has 0 saturated carbocycles. The molecular weight excluding hydrogens is 285 g/mol. The van der Waals surface area contributed by atoms with Crippen molar-refractivity contribution in [3.63, 3.8) is 0 Å². The molecule has 1 N–H and O–H groups in total. The molecule has 2 unspecified atom stereocenters. The molecule has 2 fully saturated rings. The lowest BCUT2D eigenvalue weighted by molar-refractivity contribution is 0.00275. The Labute approximate surface area is 126 Å². The van der Waals surface area contributed by atoms with E-state index in [4.69, 9.17) is 0 Å². The van der Waals surface area contributed by atoms with E-state index in [1.165, 1.54) is 23.3 Å². The molecule has 3 heterocycles. The van der Waals surface area contributed by atoms with Gasteiger partial charge in [0.25, 0.3) is 5.91 Å². The van der Waals surface area contributed by atoms with Gasteiger partial charge in [-0.25, -0.2) is 4.39 Å². The summed E-state index contributed by atoms with van der Waals surface area (Å²) in [7, 11) is 0. The van der Waals surface area contributed by atoms with Crippen LogP contribution in [0.1, 0.15) is 16.8 Å². The first kappa shape index (κ1) is 13.4. The quantitative estimate of drug-likeness (QED) is 0.893. The van der Waals surface area contributed by atoms with Crippen LogP contribution in [0, 0.1) is 11.7 Å². The van der Waals surface area contributed by atoms with Crippen LogP contribution in [0.4, 0.5) is 4.39 Å². The van der Waals surface area contributed by atoms with Crippen LogP contribution in [0.5, 0.6) is 0 Å². The van der Waals surface area contributed by atoms with Crippen LogP contribution in [-0.4, -0.2) is 51.5 Å². The maximum absolute atomic E-state index is 14.2. The average molecular weight is 301 g/mol. The molecule has 0 spiro atoms. The van der Waals surface area contributed by atoms with E-state index in [9.17, 15) is 9.18 Å². The van der Waals surface area contributed by atoms with Gasteiger partial charge in [0.1, 0.15) is 5.69 Å². The van der Waals surface area contributed by atoms with Crippen molar-refractivity contribution in [3.8, 4) is 5.69 Å². The summed E-state index contributed by atoms with van der Waals surface area (Å²) in [6.07, 6.45) is 4.02. The topological polar surface area (TPSA) is 63.1 Å². The maximum Gasteiger partial charge on any atom is 0.256 e. The van der Waals surface area contributed by atoms with E-state index in [2.05, 4.69) is 15.5 Å². The first-order valence-electron chi connectivity index (χ1n) is 7.42. The Morgan fingerprint density at radius 3 is 2.91 bits per heavy atom. The van der Waals surface area contributed by atoms with Crippen LogP contribution < -0.4 is 5.32 Å². The summed E-state index contributed by atoms with van der Waals surface area (Å²) in [6.45, 7) is 2.56. The van der Waals surface area contributed by atoms with E-state index in [0.29, 0.717) is 11.5 Å². The Hall–Kier alpha value is -2.28. The molecule has 2 aromatic rings. The highest BCUT2D eigenvalue weighted by Gasteiger charge is 2.43. The summed E-state index contributed by atoms with van der Waals surface area (Å²) in [5, 5.41) is 11.2. The molecule has 114 valence electrons. The number of aromatic nitrogens is 3. The highest BCUT2D eigenvalue weighted by molar-refractivity contribution is 5.98. The number of carbonyl (C=O) groups is 1. The Morgan fingerprint density at radius 1 is 1.32 bits per heavy atom. The third kappa shape index (κ3) is 2.00. The van der Waals surface area contributed by atoms with Gasteiger partial charge in [-0.2, -0.15) is 10.2 Å². The van der Waals surface area contributed by atoms with Crippen LogP contribution in [0.2, 0.25) is 0 Å². The van der Waals surface area contributed by atoms with Crippen LogP contribution in [0.25, 0.3) is 5.69 Å². The number of benzene rings is 1. The van der Waals surface area contributed by atoms with E-state index < -0.39 is 5.82 Å². The zero-order valence-corrected chi connectivity index (χ0v) is 11.9. The minimum absolute atomic E-state index is 0.115. The molecule has 1 aromatic carbocycles. The summed E-state index contributed by atoms with van der Waals surface area (Å²) in [4.78, 5) is 15.8. The van der Waals surface area contributed by atoms with E-state index in [-0.39, 0.29) is 17.6 Å². The van der Waals surface area contributed by atoms with E-state index in [1.807, 2.05) is 4.90 Å². The average Bonchev–Trinajstić information content (AvgIpc) is 3.02. The number of hydrogen-bond acceptors (Lipinski definition) is 4. The van der Waals surface area contributed by atoms with Gasteiger partial charge in [0.2, 0.25) is 0 Å². The Bertz CT molecular complexity index is 702. The number of piperidine rings is 1. The van der Waals surface area contributed by atoms with Gasteiger partial charge in [0.05, 0.1) is 18.0 Å². The molecule has 0 aliphatic carbocycles. The lowest BCUT2D eigenvalue weighted by Gasteiger charge is -2.51. The minimum Gasteiger partial charge on any atom is -0.334 e. The van der Waals surface area contributed by atoms with Gasteiger partial charge in [-0.1, -0.05) is 6.07 Å². The number of carbonyl (C=O) groups excluding carboxylic acids is 1. The molecular formula is C15H16FN5O. The zero-order chi connectivity index (χ0) is 15.1. The predicted octanol–water partition coefficient (Wildman–Crippen LogP) is 0.840. The highest BCUT2D eigenvalue weighted by Crippen LogP contribution is 2.32. The Kier molecular flexibility index (Phi) is 3.15. The maximum atomic E-state index is 14.2. The molecule has 1 amide bonds. The Balaban J connectivity index is 1.68. The lowest BCUT2D eigenvalue weighted by Crippen LogP contribution is -2.65. The zero-order valence-electron chi connectivity index (χ0n) is 11.9. The van der Waals surface area contributed by atoms with Crippen LogP contribution in [0.3, 0.4) is 0 Å². The van der Waals surface area contributed by atoms with Gasteiger partial charge in [0.15, 0.2) is 5.82 Å². The van der Waals surface area contributed by atoms with E-state index in [0.717, 1.165) is 26.1 Å². The van der Waals surface area contributed by atoms with Gasteiger partial charge in [0, 0.05) is 19.1 Å². The monoisotopic (exact) mass is 301 g/mol. The van der Waals surface area contributed by atoms with Crippen molar-refractivity contribution in [3.05, 3.63) is 42.0 Å². The van der Waals surface area contributed by atoms with Crippen molar-refractivity contribution in [2.45, 2.75) is 12.5 Å². The molecule has 6 nitrogen and oxygen atoms in total. The fourth-order valence-corrected chi connectivity index (χ4v) is 3.33. The predicted molar refractivity (Wildman–Crippen MR) is 77.1 cm³/mol. The SMILES string of the molecule is O=C(c1cccc(F)c1-n1nccn1)N1CC2CCNCC21. The van der Waals surface area contributed by atoms with Crippen LogP contribution in [0.15, 0.2) is 30.6 Å². The van der Waals surface area contributed by atoms with Crippen molar-refractivity contribution in [2.24, 2.45) is 5.92 Å². The molecule has 2 aliphatic heterocycles. The van der Waals surface area contributed by atoms with E-state index >= 15 is 0 Å². The molecule has 2 atom stereocenters. The van der Waals surface area contributed by atoms with Crippen molar-refractivity contribution in [1.29, 1.82) is 0 Å². The summed E-state index contributed by atoms with van der Waals surface area (Å²) in [5.74, 6) is -0.0947. The first-order chi connectivity index (χ1) is 10.8. The molecule has 2 aliphatic rings. The summed E-state index contributed by atoms with van der Waals surface area (Å²) in [5.41, 5.74) is 0.421. The standard InChI is InChI=1S/C15H16FN5O/c16-12-3-1-2-11(14(12)21-18-6-7-19-21)15(22)20-9-10-4-5-17-8-13(10)20/h1-3,6-7,10,13,17H,4-5,8-9H2. The summed E-state index contributed by atoms with van der Waals surface area (Å²) < 4.78 is 14.2. The number of fused-ring (bicyclic) bond motifs is 1. The molecule has 1 aromatic heterocycles. The van der Waals surface area contributed by atoms with Crippen molar-refractivity contribution in [1.82, 2.24) is 25.2 Å². The molecule has 22 heavy (non-hydrogen) atoms. The number of halogens is 1. The van der Waals surface area contributed by atoms with Crippen molar-refractivity contribution in [2.75, 3.05) is 19.6 Å². The van der Waals surface area contributed by atoms with Gasteiger partial charge in [-0.15, -0.1) is 4.80 Å². The number of para-hydroxylation sites is 1. The highest BCUT2D eigenvalue weighted by atomic mass is 19.1. The second-order valence-electron chi connectivity index (χ2n) is 5.73. The summed E-state index contributed by atoms with van der Waals surface area (Å²) in [6, 6.07) is 4.71. The fraction of sp³-hybridized carbons (Fsp3) is 0.400. The largest absolute Gasteiger partial charge is 0.334 e. The van der Waals surface area contributed by atoms with Crippen molar-refractivity contribution >= 4 is 5.91 Å². The van der Waals surface area contributed by atoms with E-state index in [1.54, 1.807) is 12.1 Å². The van der Waals surface area contributed by atoms with Crippen LogP contribution in [-0.2, 0) is 0 Å².